The molecule has 1 amide bonds. The molecule has 0 radical (unpaired) electrons. The van der Waals surface area contributed by atoms with E-state index in [1.165, 1.54) is 0 Å². The zero-order valence-electron chi connectivity index (χ0n) is 39.4. The van der Waals surface area contributed by atoms with Gasteiger partial charge in [0.25, 0.3) is 0 Å². The van der Waals surface area contributed by atoms with Crippen LogP contribution >= 0.6 is 0 Å². The topological polar surface area (TPSA) is 172 Å². The zero-order chi connectivity index (χ0) is 44.7. The molecule has 0 heterocycles. The van der Waals surface area contributed by atoms with Crippen molar-refractivity contribution in [2.45, 2.75) is 197 Å². The summed E-state index contributed by atoms with van der Waals surface area (Å²) in [5.74, 6) is -1.28. The lowest BCUT2D eigenvalue weighted by atomic mass is 9.74. The van der Waals surface area contributed by atoms with E-state index in [2.05, 4.69) is 49.0 Å². The average Bonchev–Trinajstić information content (AvgIpc) is 3.09. The lowest BCUT2D eigenvalue weighted by Crippen LogP contribution is -2.55. The fraction of sp³-hybridized carbons (Fsp3) is 0.889. The van der Waals surface area contributed by atoms with Gasteiger partial charge < -0.3 is 35.8 Å². The second-order valence-corrected chi connectivity index (χ2v) is 20.4. The van der Waals surface area contributed by atoms with Crippen LogP contribution in [-0.4, -0.2) is 102 Å². The zero-order valence-corrected chi connectivity index (χ0v) is 39.4. The monoisotopic (exact) mass is 811 g/mol. The number of hydrogen-bond donors (Lipinski definition) is 5. The number of Topliss-reactive ketones (excluding diaryl/α,β-unsaturated/α-hetero) is 3. The number of aliphatic carboxylic acids is 1. The number of rotatable bonds is 31. The van der Waals surface area contributed by atoms with Crippen molar-refractivity contribution in [1.82, 2.24) is 21.3 Å². The Balaban J connectivity index is 4.80. The van der Waals surface area contributed by atoms with E-state index >= 15 is 0 Å². The molecule has 0 saturated carbocycles. The molecular formula is C45H86N4O8. The molecule has 4 atom stereocenters. The summed E-state index contributed by atoms with van der Waals surface area (Å²) in [5, 5.41) is 23.0. The number of hydrogen-bond acceptors (Lipinski definition) is 10. The van der Waals surface area contributed by atoms with E-state index in [1.54, 1.807) is 27.7 Å². The largest absolute Gasteiger partial charge is 0.481 e. The number of carboxylic acid groups (broad SMARTS) is 1. The fourth-order valence-corrected chi connectivity index (χ4v) is 7.22. The predicted molar refractivity (Wildman–Crippen MR) is 230 cm³/mol. The van der Waals surface area contributed by atoms with Crippen molar-refractivity contribution in [3.05, 3.63) is 0 Å². The van der Waals surface area contributed by atoms with Gasteiger partial charge in [-0.2, -0.15) is 0 Å². The quantitative estimate of drug-likeness (QED) is 0.0455. The Kier molecular flexibility index (Phi) is 22.0. The Morgan fingerprint density at radius 2 is 1.18 bits per heavy atom. The van der Waals surface area contributed by atoms with Crippen molar-refractivity contribution < 1.29 is 38.6 Å². The van der Waals surface area contributed by atoms with Crippen molar-refractivity contribution in [1.29, 1.82) is 0 Å². The van der Waals surface area contributed by atoms with Gasteiger partial charge in [-0.3, -0.25) is 24.0 Å². The molecule has 0 rings (SSSR count). The van der Waals surface area contributed by atoms with Crippen molar-refractivity contribution in [3.63, 3.8) is 0 Å². The van der Waals surface area contributed by atoms with Crippen LogP contribution in [0.5, 0.6) is 0 Å². The van der Waals surface area contributed by atoms with Crippen LogP contribution in [0.25, 0.3) is 0 Å². The van der Waals surface area contributed by atoms with Crippen LogP contribution in [0.2, 0.25) is 0 Å². The number of ether oxygens (including phenoxy) is 2. The first-order valence-corrected chi connectivity index (χ1v) is 21.5. The lowest BCUT2D eigenvalue weighted by Gasteiger charge is -2.37. The van der Waals surface area contributed by atoms with Crippen molar-refractivity contribution in [2.24, 2.45) is 22.2 Å². The smallest absolute Gasteiger partial charge is 0.309 e. The van der Waals surface area contributed by atoms with Gasteiger partial charge in [0.1, 0.15) is 6.61 Å². The van der Waals surface area contributed by atoms with Crippen LogP contribution < -0.4 is 21.3 Å². The van der Waals surface area contributed by atoms with Crippen LogP contribution in [0.4, 0.5) is 0 Å². The summed E-state index contributed by atoms with van der Waals surface area (Å²) in [5.41, 5.74) is -4.70. The highest BCUT2D eigenvalue weighted by molar-refractivity contribution is 5.90. The highest BCUT2D eigenvalue weighted by atomic mass is 16.5. The third-order valence-corrected chi connectivity index (χ3v) is 11.6. The van der Waals surface area contributed by atoms with E-state index in [9.17, 15) is 29.1 Å². The van der Waals surface area contributed by atoms with Gasteiger partial charge in [-0.05, 0) is 114 Å². The maximum Gasteiger partial charge on any atom is 0.309 e. The Bertz CT molecular complexity index is 1300. The van der Waals surface area contributed by atoms with Crippen LogP contribution in [0.3, 0.4) is 0 Å². The Morgan fingerprint density at radius 3 is 1.68 bits per heavy atom. The normalized spacial score (nSPS) is 16.3. The number of carboxylic acids is 1. The van der Waals surface area contributed by atoms with E-state index in [0.29, 0.717) is 45.6 Å². The first-order valence-electron chi connectivity index (χ1n) is 21.5. The minimum absolute atomic E-state index is 0.0150. The van der Waals surface area contributed by atoms with Crippen molar-refractivity contribution in [3.8, 4) is 0 Å². The molecule has 0 aromatic rings. The number of carbonyl (C=O) groups is 5. The summed E-state index contributed by atoms with van der Waals surface area (Å²) in [6.07, 6.45) is 5.04. The van der Waals surface area contributed by atoms with Crippen LogP contribution in [0.1, 0.15) is 169 Å². The van der Waals surface area contributed by atoms with E-state index < -0.39 is 33.4 Å². The van der Waals surface area contributed by atoms with Gasteiger partial charge in [-0.25, -0.2) is 0 Å². The maximum atomic E-state index is 13.7. The van der Waals surface area contributed by atoms with Crippen LogP contribution in [-0.2, 0) is 33.4 Å². The second kappa shape index (κ2) is 22.9. The molecule has 0 aromatic heterocycles. The highest BCUT2D eigenvalue weighted by Crippen LogP contribution is 2.35. The summed E-state index contributed by atoms with van der Waals surface area (Å²) in [7, 11) is 0. The number of carbonyl (C=O) groups excluding carboxylic acids is 4. The third-order valence-electron chi connectivity index (χ3n) is 11.6. The standard InChI is InChI=1S/C45H86N4O8/c1-18-40(8,9)36(52)33(48-39(5,6)7)23-21-22-24-46-44(16,19-2)34(50)30-57-28-27-56-26-25-47-45(17,20-3)35(51)32(4)29-43(14,15)49-37(53)41(10,11)31-42(12,13)38(54)55/h32-33,46-48H,18-31H2,1-17H3,(H,49,53)(H,54,55)/t32?,33-,44?,45?/m0/s1. The highest BCUT2D eigenvalue weighted by Gasteiger charge is 2.42. The first-order chi connectivity index (χ1) is 25.8. The first kappa shape index (κ1) is 54.8. The van der Waals surface area contributed by atoms with E-state index in [-0.39, 0.29) is 65.8 Å². The van der Waals surface area contributed by atoms with Gasteiger partial charge in [0.2, 0.25) is 5.91 Å². The lowest BCUT2D eigenvalue weighted by molar-refractivity contribution is -0.150. The number of ketones is 3. The fourth-order valence-electron chi connectivity index (χ4n) is 7.22. The van der Waals surface area contributed by atoms with E-state index in [1.807, 2.05) is 62.3 Å². The maximum absolute atomic E-state index is 13.7. The molecule has 3 unspecified atom stereocenters. The molecular weight excluding hydrogens is 725 g/mol. The number of nitrogens with one attached hydrogen (secondary N) is 4. The molecule has 0 aliphatic heterocycles. The van der Waals surface area contributed by atoms with Crippen molar-refractivity contribution in [2.75, 3.05) is 39.5 Å². The number of amides is 1. The average molecular weight is 811 g/mol. The molecule has 0 bridgehead atoms. The molecule has 0 saturated heterocycles. The predicted octanol–water partition coefficient (Wildman–Crippen LogP) is 7.05. The molecule has 12 heteroatoms. The van der Waals surface area contributed by atoms with E-state index in [4.69, 9.17) is 9.47 Å². The SMILES string of the molecule is CCC(C)(C)C(=O)[C@H](CCCCNC(C)(CC)C(=O)COCCOCCNC(C)(CC)C(=O)C(C)CC(C)(C)NC(=O)C(C)(C)CC(C)(C)C(=O)O)NC(C)(C)C. The van der Waals surface area contributed by atoms with Gasteiger partial charge in [0.15, 0.2) is 17.3 Å². The molecule has 0 aromatic carbocycles. The molecule has 12 nitrogen and oxygen atoms in total. The van der Waals surface area contributed by atoms with Gasteiger partial charge in [0.05, 0.1) is 42.4 Å². The summed E-state index contributed by atoms with van der Waals surface area (Å²) >= 11 is 0. The van der Waals surface area contributed by atoms with Crippen molar-refractivity contribution >= 4 is 29.2 Å². The Morgan fingerprint density at radius 1 is 0.632 bits per heavy atom. The van der Waals surface area contributed by atoms with E-state index in [0.717, 1.165) is 25.7 Å². The molecule has 0 aliphatic carbocycles. The van der Waals surface area contributed by atoms with Crippen LogP contribution in [0, 0.1) is 22.2 Å². The molecule has 57 heavy (non-hydrogen) atoms. The summed E-state index contributed by atoms with van der Waals surface area (Å²) in [6, 6.07) is -0.204. The van der Waals surface area contributed by atoms with Gasteiger partial charge in [-0.15, -0.1) is 0 Å². The molecule has 334 valence electrons. The van der Waals surface area contributed by atoms with Gasteiger partial charge in [-0.1, -0.05) is 61.8 Å². The summed E-state index contributed by atoms with van der Waals surface area (Å²) in [6.45, 7) is 34.5. The molecule has 0 spiro atoms. The summed E-state index contributed by atoms with van der Waals surface area (Å²) < 4.78 is 11.5. The van der Waals surface area contributed by atoms with Gasteiger partial charge in [0, 0.05) is 34.4 Å². The van der Waals surface area contributed by atoms with Gasteiger partial charge >= 0.3 is 5.97 Å². The Hall–Kier alpha value is -2.25. The molecule has 5 N–H and O–H groups in total. The second-order valence-electron chi connectivity index (χ2n) is 20.4. The molecule has 0 aliphatic rings. The third kappa shape index (κ3) is 19.1. The summed E-state index contributed by atoms with van der Waals surface area (Å²) in [4.78, 5) is 65.0. The molecule has 0 fully saturated rings. The number of unbranched alkanes of at least 4 members (excludes halogenated alkanes) is 1. The minimum atomic E-state index is -1.06. The van der Waals surface area contributed by atoms with Crippen LogP contribution in [0.15, 0.2) is 0 Å². The Labute approximate surface area is 347 Å². The minimum Gasteiger partial charge on any atom is -0.481 e.